The molecule has 2 bridgehead atoms. The molecule has 3 aliphatic rings. The van der Waals surface area contributed by atoms with Gasteiger partial charge in [-0.1, -0.05) is 13.8 Å². The van der Waals surface area contributed by atoms with Crippen LogP contribution in [-0.4, -0.2) is 35.6 Å². The minimum atomic E-state index is -1.02. The number of methoxy groups -OCH3 is 1. The first-order valence-corrected chi connectivity index (χ1v) is 5.32. The molecule has 0 aliphatic heterocycles. The van der Waals surface area contributed by atoms with Crippen molar-refractivity contribution in [2.45, 2.75) is 38.4 Å². The van der Waals surface area contributed by atoms with Gasteiger partial charge in [0.2, 0.25) is 0 Å². The summed E-state index contributed by atoms with van der Waals surface area (Å²) in [7, 11) is 1.57. The molecule has 0 aromatic heterocycles. The van der Waals surface area contributed by atoms with Crippen molar-refractivity contribution >= 4 is 0 Å². The maximum atomic E-state index is 10.4. The molecular formula is C11H20O3. The van der Waals surface area contributed by atoms with Crippen molar-refractivity contribution in [1.82, 2.24) is 0 Å². The third-order valence-corrected chi connectivity index (χ3v) is 4.53. The molecule has 4 atom stereocenters. The van der Waals surface area contributed by atoms with Gasteiger partial charge in [-0.2, -0.15) is 0 Å². The van der Waals surface area contributed by atoms with Gasteiger partial charge in [0.1, 0.15) is 5.60 Å². The lowest BCUT2D eigenvalue weighted by Gasteiger charge is -2.64. The summed E-state index contributed by atoms with van der Waals surface area (Å²) in [5.74, 6) is 0.753. The Kier molecular flexibility index (Phi) is 2.18. The van der Waals surface area contributed by atoms with Gasteiger partial charge in [0.25, 0.3) is 0 Å². The summed E-state index contributed by atoms with van der Waals surface area (Å²) < 4.78 is 5.03. The Bertz CT molecular complexity index is 239. The predicted molar refractivity (Wildman–Crippen MR) is 52.8 cm³/mol. The van der Waals surface area contributed by atoms with Crippen molar-refractivity contribution in [3.8, 4) is 0 Å². The highest BCUT2D eigenvalue weighted by molar-refractivity contribution is 5.14. The number of rotatable bonds is 2. The van der Waals surface area contributed by atoms with E-state index in [1.807, 2.05) is 0 Å². The van der Waals surface area contributed by atoms with Crippen LogP contribution in [0.3, 0.4) is 0 Å². The first-order chi connectivity index (χ1) is 6.43. The van der Waals surface area contributed by atoms with Crippen LogP contribution in [0.1, 0.15) is 26.7 Å². The Morgan fingerprint density at radius 1 is 1.36 bits per heavy atom. The number of ether oxygens (including phenoxy) is 1. The molecule has 3 rings (SSSR count). The van der Waals surface area contributed by atoms with Crippen LogP contribution < -0.4 is 0 Å². The predicted octanol–water partition coefficient (Wildman–Crippen LogP) is 0.791. The van der Waals surface area contributed by atoms with Crippen molar-refractivity contribution in [3.63, 3.8) is 0 Å². The normalized spacial score (nSPS) is 49.9. The maximum Gasteiger partial charge on any atom is 0.117 e. The smallest absolute Gasteiger partial charge is 0.117 e. The molecule has 0 aromatic carbocycles. The zero-order valence-electron chi connectivity index (χ0n) is 9.16. The standard InChI is InChI=1S/C11H20O3/c1-10(2)7-4-8(10)11(13,6-14-3)9(12)5-7/h7-9,12-13H,4-6H2,1-3H3/t7-,8-,9+,11-/m0/s1. The van der Waals surface area contributed by atoms with Crippen molar-refractivity contribution < 1.29 is 14.9 Å². The number of aliphatic hydroxyl groups excluding tert-OH is 1. The van der Waals surface area contributed by atoms with Crippen LogP contribution in [-0.2, 0) is 4.74 Å². The highest BCUT2D eigenvalue weighted by Gasteiger charge is 2.64. The van der Waals surface area contributed by atoms with Crippen LogP contribution in [0.2, 0.25) is 0 Å². The molecule has 14 heavy (non-hydrogen) atoms. The van der Waals surface area contributed by atoms with E-state index in [-0.39, 0.29) is 17.9 Å². The largest absolute Gasteiger partial charge is 0.390 e. The molecule has 0 heterocycles. The van der Waals surface area contributed by atoms with Gasteiger partial charge in [0.05, 0.1) is 12.7 Å². The van der Waals surface area contributed by atoms with Gasteiger partial charge in [-0.15, -0.1) is 0 Å². The van der Waals surface area contributed by atoms with E-state index in [0.717, 1.165) is 6.42 Å². The number of fused-ring (bicyclic) bond motifs is 2. The Hall–Kier alpha value is -0.120. The second-order valence-electron chi connectivity index (χ2n) is 5.48. The first kappa shape index (κ1) is 10.4. The molecule has 2 N–H and O–H groups in total. The zero-order valence-corrected chi connectivity index (χ0v) is 9.16. The summed E-state index contributed by atoms with van der Waals surface area (Å²) in [6, 6.07) is 0. The minimum Gasteiger partial charge on any atom is -0.390 e. The van der Waals surface area contributed by atoms with Crippen molar-refractivity contribution in [2.75, 3.05) is 13.7 Å². The van der Waals surface area contributed by atoms with E-state index >= 15 is 0 Å². The van der Waals surface area contributed by atoms with Gasteiger partial charge in [-0.05, 0) is 30.1 Å². The third-order valence-electron chi connectivity index (χ3n) is 4.53. The lowest BCUT2D eigenvalue weighted by molar-refractivity contribution is -0.267. The molecule has 0 spiro atoms. The Morgan fingerprint density at radius 2 is 2.00 bits per heavy atom. The van der Waals surface area contributed by atoms with Crippen LogP contribution >= 0.6 is 0 Å². The number of hydrogen-bond donors (Lipinski definition) is 2. The monoisotopic (exact) mass is 200 g/mol. The highest BCUT2D eigenvalue weighted by atomic mass is 16.5. The summed E-state index contributed by atoms with van der Waals surface area (Å²) in [6.45, 7) is 4.60. The molecule has 0 aromatic rings. The second-order valence-corrected chi connectivity index (χ2v) is 5.48. The maximum absolute atomic E-state index is 10.4. The van der Waals surface area contributed by atoms with Gasteiger partial charge >= 0.3 is 0 Å². The van der Waals surface area contributed by atoms with Crippen molar-refractivity contribution in [3.05, 3.63) is 0 Å². The average molecular weight is 200 g/mol. The van der Waals surface area contributed by atoms with Crippen LogP contribution in [0.25, 0.3) is 0 Å². The van der Waals surface area contributed by atoms with E-state index in [0.29, 0.717) is 12.3 Å². The third kappa shape index (κ3) is 1.09. The first-order valence-electron chi connectivity index (χ1n) is 5.32. The Balaban J connectivity index is 2.22. The summed E-state index contributed by atoms with van der Waals surface area (Å²) in [6.07, 6.45) is 1.13. The van der Waals surface area contributed by atoms with Gasteiger partial charge in [-0.25, -0.2) is 0 Å². The van der Waals surface area contributed by atoms with E-state index in [1.54, 1.807) is 7.11 Å². The van der Waals surface area contributed by atoms with Crippen LogP contribution in [0.4, 0.5) is 0 Å². The van der Waals surface area contributed by atoms with Crippen molar-refractivity contribution in [1.29, 1.82) is 0 Å². The van der Waals surface area contributed by atoms with Crippen molar-refractivity contribution in [2.24, 2.45) is 17.3 Å². The van der Waals surface area contributed by atoms with Gasteiger partial charge in [0, 0.05) is 7.11 Å². The summed E-state index contributed by atoms with van der Waals surface area (Å²) in [4.78, 5) is 0. The molecule has 3 aliphatic carbocycles. The Labute approximate surface area is 85.1 Å². The SMILES string of the molecule is COC[C@@]1(O)[C@H](O)C[C@@H]2C[C@H]1C2(C)C. The molecule has 3 saturated carbocycles. The molecular weight excluding hydrogens is 180 g/mol. The minimum absolute atomic E-state index is 0.159. The van der Waals surface area contributed by atoms with E-state index in [9.17, 15) is 10.2 Å². The lowest BCUT2D eigenvalue weighted by atomic mass is 9.43. The van der Waals surface area contributed by atoms with E-state index in [4.69, 9.17) is 4.74 Å². The second kappa shape index (κ2) is 2.94. The quantitative estimate of drug-likeness (QED) is 0.693. The van der Waals surface area contributed by atoms with Gasteiger partial charge in [-0.3, -0.25) is 0 Å². The van der Waals surface area contributed by atoms with E-state index in [1.165, 1.54) is 0 Å². The fourth-order valence-electron chi connectivity index (χ4n) is 3.40. The molecule has 3 fully saturated rings. The molecule has 0 radical (unpaired) electrons. The zero-order chi connectivity index (χ0) is 10.6. The van der Waals surface area contributed by atoms with E-state index < -0.39 is 11.7 Å². The summed E-state index contributed by atoms with van der Waals surface area (Å²) >= 11 is 0. The molecule has 0 saturated heterocycles. The van der Waals surface area contributed by atoms with Crippen LogP contribution in [0.15, 0.2) is 0 Å². The van der Waals surface area contributed by atoms with Crippen LogP contribution in [0.5, 0.6) is 0 Å². The summed E-state index contributed by atoms with van der Waals surface area (Å²) in [5, 5.41) is 20.3. The fraction of sp³-hybridized carbons (Fsp3) is 1.00. The Morgan fingerprint density at radius 3 is 2.50 bits per heavy atom. The average Bonchev–Trinajstić information content (AvgIpc) is 2.09. The van der Waals surface area contributed by atoms with Crippen LogP contribution in [0, 0.1) is 17.3 Å². The number of hydrogen-bond acceptors (Lipinski definition) is 3. The van der Waals surface area contributed by atoms with Gasteiger partial charge < -0.3 is 14.9 Å². The summed E-state index contributed by atoms with van der Waals surface area (Å²) in [5.41, 5.74) is -0.862. The topological polar surface area (TPSA) is 49.7 Å². The molecule has 0 amide bonds. The molecule has 3 nitrogen and oxygen atoms in total. The fourth-order valence-corrected chi connectivity index (χ4v) is 3.40. The van der Waals surface area contributed by atoms with Gasteiger partial charge in [0.15, 0.2) is 0 Å². The number of aliphatic hydroxyl groups is 2. The lowest BCUT2D eigenvalue weighted by Crippen LogP contribution is -2.69. The highest BCUT2D eigenvalue weighted by Crippen LogP contribution is 2.62. The molecule has 82 valence electrons. The molecule has 3 heteroatoms. The molecule has 0 unspecified atom stereocenters. The van der Waals surface area contributed by atoms with E-state index in [2.05, 4.69) is 13.8 Å².